The first kappa shape index (κ1) is 14.0. The maximum atomic E-state index is 3.64. The van der Waals surface area contributed by atoms with Gasteiger partial charge in [-0.15, -0.1) is 0 Å². The van der Waals surface area contributed by atoms with Crippen LogP contribution in [0, 0.1) is 0 Å². The number of hydrogen-bond donors (Lipinski definition) is 1. The van der Waals surface area contributed by atoms with Gasteiger partial charge in [-0.05, 0) is 42.8 Å². The minimum absolute atomic E-state index is 0.261. The zero-order valence-corrected chi connectivity index (χ0v) is 12.8. The van der Waals surface area contributed by atoms with Gasteiger partial charge in [0.05, 0.1) is 0 Å². The maximum Gasteiger partial charge on any atom is 0.106 e. The Balaban J connectivity index is 1.87. The number of hydrogen-bond acceptors (Lipinski definition) is 3. The van der Waals surface area contributed by atoms with Gasteiger partial charge in [-0.2, -0.15) is 0 Å². The van der Waals surface area contributed by atoms with Gasteiger partial charge in [-0.25, -0.2) is 0 Å². The SMILES string of the molecule is CN(C)c1ccc(C2NCCCN2c2ccccc2)cc1. The fourth-order valence-corrected chi connectivity index (χ4v) is 2.88. The van der Waals surface area contributed by atoms with Crippen molar-refractivity contribution in [2.24, 2.45) is 0 Å². The third-order valence-electron chi connectivity index (χ3n) is 4.04. The van der Waals surface area contributed by atoms with E-state index < -0.39 is 0 Å². The molecule has 3 nitrogen and oxygen atoms in total. The van der Waals surface area contributed by atoms with Gasteiger partial charge < -0.3 is 9.80 Å². The van der Waals surface area contributed by atoms with Gasteiger partial charge in [0.1, 0.15) is 6.17 Å². The average molecular weight is 281 g/mol. The lowest BCUT2D eigenvalue weighted by atomic mass is 10.1. The second-order valence-electron chi connectivity index (χ2n) is 5.73. The Bertz CT molecular complexity index is 563. The highest BCUT2D eigenvalue weighted by Crippen LogP contribution is 2.28. The van der Waals surface area contributed by atoms with Crippen molar-refractivity contribution in [2.45, 2.75) is 12.6 Å². The summed E-state index contributed by atoms with van der Waals surface area (Å²) in [5, 5.41) is 3.64. The normalized spacial score (nSPS) is 18.6. The van der Waals surface area contributed by atoms with Crippen LogP contribution in [-0.4, -0.2) is 27.2 Å². The highest BCUT2D eigenvalue weighted by atomic mass is 15.3. The number of nitrogens with zero attached hydrogens (tertiary/aromatic N) is 2. The summed E-state index contributed by atoms with van der Waals surface area (Å²) < 4.78 is 0. The van der Waals surface area contributed by atoms with Gasteiger partial charge in [-0.3, -0.25) is 5.32 Å². The van der Waals surface area contributed by atoms with E-state index in [0.29, 0.717) is 0 Å². The lowest BCUT2D eigenvalue weighted by Crippen LogP contribution is -2.45. The number of benzene rings is 2. The molecule has 1 saturated heterocycles. The van der Waals surface area contributed by atoms with Crippen molar-refractivity contribution in [3.63, 3.8) is 0 Å². The Labute approximate surface area is 127 Å². The van der Waals surface area contributed by atoms with Crippen molar-refractivity contribution >= 4 is 11.4 Å². The largest absolute Gasteiger partial charge is 0.378 e. The zero-order valence-electron chi connectivity index (χ0n) is 12.8. The van der Waals surface area contributed by atoms with Crippen LogP contribution in [-0.2, 0) is 0 Å². The minimum atomic E-state index is 0.261. The van der Waals surface area contributed by atoms with Crippen molar-refractivity contribution in [3.8, 4) is 0 Å². The van der Waals surface area contributed by atoms with Gasteiger partial charge in [0, 0.05) is 32.0 Å². The number of para-hydroxylation sites is 1. The Hall–Kier alpha value is -2.00. The van der Waals surface area contributed by atoms with Crippen LogP contribution in [0.15, 0.2) is 54.6 Å². The maximum absolute atomic E-state index is 3.64. The molecule has 1 heterocycles. The topological polar surface area (TPSA) is 18.5 Å². The Morgan fingerprint density at radius 2 is 1.71 bits per heavy atom. The fraction of sp³-hybridized carbons (Fsp3) is 0.333. The molecule has 0 bridgehead atoms. The molecule has 110 valence electrons. The van der Waals surface area contributed by atoms with E-state index >= 15 is 0 Å². The smallest absolute Gasteiger partial charge is 0.106 e. The molecule has 1 N–H and O–H groups in total. The molecule has 1 unspecified atom stereocenters. The molecule has 2 aromatic rings. The van der Waals surface area contributed by atoms with Gasteiger partial charge in [0.25, 0.3) is 0 Å². The van der Waals surface area contributed by atoms with Crippen LogP contribution in [0.3, 0.4) is 0 Å². The quantitative estimate of drug-likeness (QED) is 0.931. The lowest BCUT2D eigenvalue weighted by Gasteiger charge is -2.38. The van der Waals surface area contributed by atoms with Gasteiger partial charge in [0.2, 0.25) is 0 Å². The second-order valence-corrected chi connectivity index (χ2v) is 5.73. The van der Waals surface area contributed by atoms with Crippen LogP contribution in [0.25, 0.3) is 0 Å². The first-order valence-electron chi connectivity index (χ1n) is 7.58. The summed E-state index contributed by atoms with van der Waals surface area (Å²) in [5.74, 6) is 0. The molecular formula is C18H23N3. The molecule has 0 aliphatic carbocycles. The van der Waals surface area contributed by atoms with Gasteiger partial charge in [-0.1, -0.05) is 30.3 Å². The van der Waals surface area contributed by atoms with Crippen LogP contribution in [0.4, 0.5) is 11.4 Å². The predicted molar refractivity (Wildman–Crippen MR) is 89.9 cm³/mol. The van der Waals surface area contributed by atoms with Crippen molar-refractivity contribution in [3.05, 3.63) is 60.2 Å². The second kappa shape index (κ2) is 6.19. The zero-order chi connectivity index (χ0) is 14.7. The molecule has 1 aliphatic rings. The van der Waals surface area contributed by atoms with Gasteiger partial charge in [0.15, 0.2) is 0 Å². The molecule has 1 aliphatic heterocycles. The lowest BCUT2D eigenvalue weighted by molar-refractivity contribution is 0.438. The van der Waals surface area contributed by atoms with Crippen LogP contribution < -0.4 is 15.1 Å². The van der Waals surface area contributed by atoms with Crippen LogP contribution >= 0.6 is 0 Å². The van der Waals surface area contributed by atoms with Gasteiger partial charge >= 0.3 is 0 Å². The van der Waals surface area contributed by atoms with Crippen LogP contribution in [0.5, 0.6) is 0 Å². The van der Waals surface area contributed by atoms with Crippen molar-refractivity contribution < 1.29 is 0 Å². The molecule has 21 heavy (non-hydrogen) atoms. The third-order valence-corrected chi connectivity index (χ3v) is 4.04. The Morgan fingerprint density at radius 3 is 2.38 bits per heavy atom. The molecule has 1 fully saturated rings. The molecule has 0 saturated carbocycles. The highest BCUT2D eigenvalue weighted by molar-refractivity contribution is 5.51. The molecule has 3 rings (SSSR count). The molecule has 0 aromatic heterocycles. The molecule has 3 heteroatoms. The summed E-state index contributed by atoms with van der Waals surface area (Å²) in [6.45, 7) is 2.17. The van der Waals surface area contributed by atoms with E-state index in [9.17, 15) is 0 Å². The van der Waals surface area contributed by atoms with E-state index in [2.05, 4.69) is 83.8 Å². The van der Waals surface area contributed by atoms with E-state index in [1.807, 2.05) is 0 Å². The molecule has 0 spiro atoms. The molecule has 2 aromatic carbocycles. The highest BCUT2D eigenvalue weighted by Gasteiger charge is 2.23. The summed E-state index contributed by atoms with van der Waals surface area (Å²) >= 11 is 0. The van der Waals surface area contributed by atoms with E-state index in [0.717, 1.165) is 13.1 Å². The summed E-state index contributed by atoms with van der Waals surface area (Å²) in [6, 6.07) is 19.5. The number of nitrogens with one attached hydrogen (secondary N) is 1. The summed E-state index contributed by atoms with van der Waals surface area (Å²) in [5.41, 5.74) is 3.84. The van der Waals surface area contributed by atoms with E-state index in [1.165, 1.54) is 23.4 Å². The van der Waals surface area contributed by atoms with Crippen LogP contribution in [0.2, 0.25) is 0 Å². The standard InChI is InChI=1S/C18H23N3/c1-20(2)16-11-9-15(10-12-16)18-19-13-6-14-21(18)17-7-4-3-5-8-17/h3-5,7-12,18-19H,6,13-14H2,1-2H3. The number of rotatable bonds is 3. The fourth-order valence-electron chi connectivity index (χ4n) is 2.88. The molecule has 0 amide bonds. The molecule has 1 atom stereocenters. The number of anilines is 2. The molecular weight excluding hydrogens is 258 g/mol. The average Bonchev–Trinajstić information content (AvgIpc) is 2.56. The first-order chi connectivity index (χ1) is 10.3. The summed E-state index contributed by atoms with van der Waals surface area (Å²) in [6.07, 6.45) is 1.44. The van der Waals surface area contributed by atoms with Crippen molar-refractivity contribution in [1.29, 1.82) is 0 Å². The van der Waals surface area contributed by atoms with Crippen molar-refractivity contribution in [1.82, 2.24) is 5.32 Å². The van der Waals surface area contributed by atoms with Crippen molar-refractivity contribution in [2.75, 3.05) is 37.0 Å². The Kier molecular flexibility index (Phi) is 4.11. The first-order valence-corrected chi connectivity index (χ1v) is 7.58. The third kappa shape index (κ3) is 3.03. The monoisotopic (exact) mass is 281 g/mol. The Morgan fingerprint density at radius 1 is 1.00 bits per heavy atom. The van der Waals surface area contributed by atoms with E-state index in [-0.39, 0.29) is 6.17 Å². The summed E-state index contributed by atoms with van der Waals surface area (Å²) in [4.78, 5) is 4.58. The minimum Gasteiger partial charge on any atom is -0.378 e. The molecule has 0 radical (unpaired) electrons. The van der Waals surface area contributed by atoms with Crippen LogP contribution in [0.1, 0.15) is 18.2 Å². The summed E-state index contributed by atoms with van der Waals surface area (Å²) in [7, 11) is 4.15. The predicted octanol–water partition coefficient (Wildman–Crippen LogP) is 3.25. The van der Waals surface area contributed by atoms with E-state index in [1.54, 1.807) is 0 Å². The van der Waals surface area contributed by atoms with E-state index in [4.69, 9.17) is 0 Å².